The van der Waals surface area contributed by atoms with E-state index in [1.54, 1.807) is 55.4 Å². The number of hydrogen-bond acceptors (Lipinski definition) is 7. The Balaban J connectivity index is 0. The second-order valence-corrected chi connectivity index (χ2v) is 21.0. The molecule has 7 nitrogen and oxygen atoms in total. The van der Waals surface area contributed by atoms with E-state index in [2.05, 4.69) is 6.58 Å². The van der Waals surface area contributed by atoms with Crippen molar-refractivity contribution >= 4 is 21.9 Å². The Labute approximate surface area is 443 Å². The number of aliphatic hydroxyl groups is 1. The van der Waals surface area contributed by atoms with E-state index < -0.39 is 160 Å². The van der Waals surface area contributed by atoms with Crippen LogP contribution in [0.15, 0.2) is 12.7 Å². The Morgan fingerprint density at radius 3 is 0.688 bits per heavy atom. The van der Waals surface area contributed by atoms with E-state index in [0.29, 0.717) is 0 Å². The van der Waals surface area contributed by atoms with Gasteiger partial charge in [0.1, 0.15) is 0 Å². The summed E-state index contributed by atoms with van der Waals surface area (Å²) < 4.78 is 373. The van der Waals surface area contributed by atoms with Gasteiger partial charge in [-0.2, -0.15) is 105 Å². The van der Waals surface area contributed by atoms with Crippen LogP contribution < -0.4 is 0 Å². The van der Waals surface area contributed by atoms with Gasteiger partial charge in [0.25, 0.3) is 17.0 Å². The fourth-order valence-electron chi connectivity index (χ4n) is 5.99. The van der Waals surface area contributed by atoms with Crippen molar-refractivity contribution in [2.45, 2.75) is 246 Å². The van der Waals surface area contributed by atoms with E-state index in [9.17, 15) is 123 Å². The summed E-state index contributed by atoms with van der Waals surface area (Å²) in [5.41, 5.74) is -24.2. The predicted octanol–water partition coefficient (Wildman–Crippen LogP) is 16.5. The summed E-state index contributed by atoms with van der Waals surface area (Å²) in [5.74, 6) is 0. The van der Waals surface area contributed by atoms with Crippen LogP contribution in [0.2, 0.25) is 12.6 Å². The molecular weight excluding hydrogens is 1180 g/mol. The largest absolute Gasteiger partial charge is 0.488 e. The van der Waals surface area contributed by atoms with E-state index >= 15 is 0 Å². The Morgan fingerprint density at radius 1 is 0.350 bits per heavy atom. The van der Waals surface area contributed by atoms with Crippen molar-refractivity contribution in [2.24, 2.45) is 0 Å². The van der Waals surface area contributed by atoms with Crippen LogP contribution >= 0.6 is 0 Å². The quantitative estimate of drug-likeness (QED) is 0.112. The summed E-state index contributed by atoms with van der Waals surface area (Å²) in [4.78, 5) is 0. The third-order valence-corrected chi connectivity index (χ3v) is 13.4. The fourth-order valence-corrected chi connectivity index (χ4v) is 5.99. The molecule has 0 aromatic heterocycles. The number of halogens is 28. The van der Waals surface area contributed by atoms with Gasteiger partial charge in [-0.3, -0.25) is 0 Å². The van der Waals surface area contributed by atoms with E-state index in [0.717, 1.165) is 0 Å². The lowest BCUT2D eigenvalue weighted by Crippen LogP contribution is -2.53. The molecule has 475 valence electrons. The van der Waals surface area contributed by atoms with Gasteiger partial charge in [0.05, 0.1) is 33.6 Å². The average molecular weight is 1240 g/mol. The molecule has 0 unspecified atom stereocenters. The van der Waals surface area contributed by atoms with Gasteiger partial charge in [-0.15, -0.1) is 6.58 Å². The van der Waals surface area contributed by atoms with Crippen LogP contribution in [0.3, 0.4) is 0 Å². The van der Waals surface area contributed by atoms with Crippen LogP contribution in [-0.2, 0) is 27.9 Å². The van der Waals surface area contributed by atoms with Crippen LogP contribution in [0.25, 0.3) is 0 Å². The number of aliphatic hydroxyl groups excluding tert-OH is 1. The molecule has 3 heterocycles. The van der Waals surface area contributed by atoms with Crippen molar-refractivity contribution in [3.63, 3.8) is 0 Å². The van der Waals surface area contributed by atoms with Gasteiger partial charge in [0, 0.05) is 19.4 Å². The summed E-state index contributed by atoms with van der Waals surface area (Å²) in [6, 6.07) is 0. The van der Waals surface area contributed by atoms with Crippen molar-refractivity contribution in [2.75, 3.05) is 6.61 Å². The van der Waals surface area contributed by atoms with Gasteiger partial charge in [0.15, 0.2) is 0 Å². The first-order valence-corrected chi connectivity index (χ1v) is 23.0. The van der Waals surface area contributed by atoms with Gasteiger partial charge in [-0.1, -0.05) is 18.9 Å². The third-order valence-electron chi connectivity index (χ3n) is 13.4. The molecule has 80 heavy (non-hydrogen) atoms. The van der Waals surface area contributed by atoms with Gasteiger partial charge in [-0.25, -0.2) is 17.6 Å². The molecule has 0 aromatic carbocycles. The van der Waals surface area contributed by atoms with Gasteiger partial charge >= 0.3 is 77.0 Å². The summed E-state index contributed by atoms with van der Waals surface area (Å²) in [5, 5.41) is 8.06. The maximum Gasteiger partial charge on any atom is 0.488 e. The van der Waals surface area contributed by atoms with E-state index in [1.165, 1.54) is 7.69 Å². The van der Waals surface area contributed by atoms with Crippen molar-refractivity contribution in [1.29, 1.82) is 0 Å². The molecule has 0 aliphatic carbocycles. The molecular formula is C42H60B3F28O7. The summed E-state index contributed by atoms with van der Waals surface area (Å²) >= 11 is 0. The Bertz CT molecular complexity index is 1730. The summed E-state index contributed by atoms with van der Waals surface area (Å²) in [6.45, 7) is 23.3. The highest BCUT2D eigenvalue weighted by atomic mass is 19.5. The molecule has 3 aliphatic heterocycles. The molecule has 0 atom stereocenters. The minimum atomic E-state index is -6.01. The minimum absolute atomic E-state index is 0.187. The van der Waals surface area contributed by atoms with Crippen LogP contribution in [0.5, 0.6) is 0 Å². The highest BCUT2D eigenvalue weighted by Crippen LogP contribution is 2.53. The van der Waals surface area contributed by atoms with E-state index in [4.69, 9.17) is 33.0 Å². The normalized spacial score (nSPS) is 20.5. The topological polar surface area (TPSA) is 75.6 Å². The van der Waals surface area contributed by atoms with Crippen LogP contribution in [0.4, 0.5) is 123 Å². The molecule has 0 spiro atoms. The maximum absolute atomic E-state index is 13.5. The van der Waals surface area contributed by atoms with Crippen LogP contribution in [0.1, 0.15) is 128 Å². The van der Waals surface area contributed by atoms with Crippen molar-refractivity contribution < 1.29 is 156 Å². The first-order valence-electron chi connectivity index (χ1n) is 23.0. The zero-order valence-corrected chi connectivity index (χ0v) is 44.6. The third kappa shape index (κ3) is 19.4. The first kappa shape index (κ1) is 79.8. The lowest BCUT2D eigenvalue weighted by atomic mass is 9.80. The van der Waals surface area contributed by atoms with Gasteiger partial charge in [0.2, 0.25) is 0 Å². The second-order valence-electron chi connectivity index (χ2n) is 21.0. The SMILES string of the molecule is C=CCC(F)(C(F)(F)F)C(F)(F)F.CC1(C)OB(CCCC(F)(C(F)(F)F)C(F)(F)F)OC1(C)C.CC1(C)OB(CCCC(F)(C(F)(F)F)C(F)(F)F)OC1(C)C.CC1(C)O[B]OC1(C)C.OCCCC(F)(C(F)(F)F)C(F)(F)F. The van der Waals surface area contributed by atoms with Crippen molar-refractivity contribution in [3.8, 4) is 0 Å². The molecule has 3 saturated heterocycles. The fraction of sp³-hybridized carbons (Fsp3) is 0.952. The Kier molecular flexibility index (Phi) is 26.0. The zero-order valence-electron chi connectivity index (χ0n) is 44.6. The number of hydrogen-bond donors (Lipinski definition) is 1. The van der Waals surface area contributed by atoms with Crippen LogP contribution in [-0.4, -0.2) is 139 Å². The summed E-state index contributed by atoms with van der Waals surface area (Å²) in [6.07, 6.45) is -57.7. The highest BCUT2D eigenvalue weighted by molar-refractivity contribution is 6.45. The molecule has 0 amide bonds. The molecule has 3 aliphatic rings. The zero-order chi connectivity index (χ0) is 64.9. The monoisotopic (exact) mass is 1240 g/mol. The number of rotatable bonds is 13. The number of allylic oxidation sites excluding steroid dienone is 1. The Morgan fingerprint density at radius 2 is 0.550 bits per heavy atom. The molecule has 3 fully saturated rings. The molecule has 0 bridgehead atoms. The lowest BCUT2D eigenvalue weighted by Gasteiger charge is -2.32. The van der Waals surface area contributed by atoms with Crippen LogP contribution in [0, 0.1) is 0 Å². The molecule has 0 saturated carbocycles. The van der Waals surface area contributed by atoms with Crippen molar-refractivity contribution in [1.82, 2.24) is 0 Å². The molecule has 0 aromatic rings. The van der Waals surface area contributed by atoms with E-state index in [1.807, 2.05) is 27.7 Å². The highest BCUT2D eigenvalue weighted by Gasteiger charge is 2.75. The number of alkyl halides is 28. The van der Waals surface area contributed by atoms with Crippen molar-refractivity contribution in [3.05, 3.63) is 12.7 Å². The molecule has 1 N–H and O–H groups in total. The molecule has 3 rings (SSSR count). The first-order chi connectivity index (χ1) is 34.6. The minimum Gasteiger partial charge on any atom is -0.405 e. The maximum atomic E-state index is 13.5. The molecule has 38 heteroatoms. The van der Waals surface area contributed by atoms with Gasteiger partial charge < -0.3 is 33.0 Å². The lowest BCUT2D eigenvalue weighted by molar-refractivity contribution is -0.344. The summed E-state index contributed by atoms with van der Waals surface area (Å²) in [7, 11) is -0.508. The predicted molar refractivity (Wildman–Crippen MR) is 231 cm³/mol. The standard InChI is InChI=1S/2C12H18BF7O2.C6H12BO2.C6H7F7O.C6H5F7/c2*1-8(2)9(3,4)22-13(21-8)7-5-6-10(14,11(15,16)17)12(18,19)20;1-5(2)6(3,4)9-7-8-5;7-4(2-1-3-14,5(8,9)10)6(11,12)13;1-2-3-4(7,5(8,9)10)6(11,12)13/h2*5-7H2,1-4H3;1-4H3;14H,1-3H2;2H,1,3H2. The average Bonchev–Trinajstić information content (AvgIpc) is 3.67. The Hall–Kier alpha value is -2.31. The molecule has 1 radical (unpaired) electrons. The van der Waals surface area contributed by atoms with E-state index in [-0.39, 0.29) is 29.9 Å². The van der Waals surface area contributed by atoms with Gasteiger partial charge in [-0.05, 0) is 115 Å². The smallest absolute Gasteiger partial charge is 0.405 e. The second kappa shape index (κ2) is 26.1.